The molecule has 0 nitrogen and oxygen atoms in total. The highest BCUT2D eigenvalue weighted by Gasteiger charge is 2.06. The van der Waals surface area contributed by atoms with E-state index in [0.29, 0.717) is 5.92 Å². The molecule has 80 valence electrons. The summed E-state index contributed by atoms with van der Waals surface area (Å²) in [5.74, 6) is 0.445. The van der Waals surface area contributed by atoms with E-state index in [2.05, 4.69) is 68.1 Å². The first-order valence-corrected chi connectivity index (χ1v) is 5.58. The highest BCUT2D eigenvalue weighted by Crippen LogP contribution is 2.23. The summed E-state index contributed by atoms with van der Waals surface area (Å²) in [6.07, 6.45) is 1.87. The average molecular weight is 208 g/mol. The molecular weight excluding hydrogens is 192 g/mol. The second-order valence-electron chi connectivity index (χ2n) is 4.00. The number of hydrogen-bond donors (Lipinski definition) is 0. The Labute approximate surface area is 97.3 Å². The Morgan fingerprint density at radius 1 is 0.875 bits per heavy atom. The SMILES string of the molecule is C=Cc1ccc(C(C)c2ccccc2)cc1. The number of benzene rings is 2. The fourth-order valence-electron chi connectivity index (χ4n) is 1.85. The van der Waals surface area contributed by atoms with Crippen molar-refractivity contribution in [2.75, 3.05) is 0 Å². The highest BCUT2D eigenvalue weighted by atomic mass is 14.1. The third-order valence-corrected chi connectivity index (χ3v) is 2.97. The zero-order valence-electron chi connectivity index (χ0n) is 9.56. The highest BCUT2D eigenvalue weighted by molar-refractivity contribution is 5.48. The van der Waals surface area contributed by atoms with Crippen molar-refractivity contribution in [2.45, 2.75) is 12.8 Å². The third kappa shape index (κ3) is 2.22. The zero-order chi connectivity index (χ0) is 11.4. The van der Waals surface area contributed by atoms with E-state index < -0.39 is 0 Å². The van der Waals surface area contributed by atoms with Crippen LogP contribution in [0, 0.1) is 0 Å². The van der Waals surface area contributed by atoms with Gasteiger partial charge in [0, 0.05) is 5.92 Å². The molecule has 0 heterocycles. The van der Waals surface area contributed by atoms with Gasteiger partial charge in [0.15, 0.2) is 0 Å². The molecule has 2 rings (SSSR count). The third-order valence-electron chi connectivity index (χ3n) is 2.97. The predicted molar refractivity (Wildman–Crippen MR) is 70.5 cm³/mol. The molecule has 0 saturated carbocycles. The molecule has 0 spiro atoms. The lowest BCUT2D eigenvalue weighted by Gasteiger charge is -2.12. The van der Waals surface area contributed by atoms with Crippen LogP contribution in [0.3, 0.4) is 0 Å². The summed E-state index contributed by atoms with van der Waals surface area (Å²) in [7, 11) is 0. The smallest absolute Gasteiger partial charge is 0.00610 e. The largest absolute Gasteiger partial charge is 0.0985 e. The molecule has 0 amide bonds. The van der Waals surface area contributed by atoms with E-state index in [1.165, 1.54) is 16.7 Å². The lowest BCUT2D eigenvalue weighted by Crippen LogP contribution is -1.95. The molecule has 16 heavy (non-hydrogen) atoms. The number of rotatable bonds is 3. The minimum Gasteiger partial charge on any atom is -0.0985 e. The summed E-state index contributed by atoms with van der Waals surface area (Å²) >= 11 is 0. The standard InChI is InChI=1S/C16H16/c1-3-14-9-11-16(12-10-14)13(2)15-7-5-4-6-8-15/h3-13H,1H2,2H3. The maximum Gasteiger partial charge on any atom is 0.00610 e. The summed E-state index contributed by atoms with van der Waals surface area (Å²) in [4.78, 5) is 0. The van der Waals surface area contributed by atoms with E-state index in [1.54, 1.807) is 0 Å². The molecular formula is C16H16. The molecule has 0 bridgehead atoms. The molecule has 0 aliphatic carbocycles. The fourth-order valence-corrected chi connectivity index (χ4v) is 1.85. The van der Waals surface area contributed by atoms with Crippen LogP contribution in [-0.4, -0.2) is 0 Å². The molecule has 1 atom stereocenters. The van der Waals surface area contributed by atoms with Crippen molar-refractivity contribution in [3.05, 3.63) is 77.9 Å². The van der Waals surface area contributed by atoms with Gasteiger partial charge in [0.05, 0.1) is 0 Å². The van der Waals surface area contributed by atoms with Gasteiger partial charge in [-0.05, 0) is 16.7 Å². The average Bonchev–Trinajstić information content (AvgIpc) is 2.39. The molecule has 0 saturated heterocycles. The zero-order valence-corrected chi connectivity index (χ0v) is 9.56. The van der Waals surface area contributed by atoms with Gasteiger partial charge in [-0.25, -0.2) is 0 Å². The van der Waals surface area contributed by atoms with Gasteiger partial charge in [-0.15, -0.1) is 0 Å². The Hall–Kier alpha value is -1.82. The lowest BCUT2D eigenvalue weighted by atomic mass is 9.93. The fraction of sp³-hybridized carbons (Fsp3) is 0.125. The number of hydrogen-bond acceptors (Lipinski definition) is 0. The minimum absolute atomic E-state index is 0.445. The predicted octanol–water partition coefficient (Wildman–Crippen LogP) is 4.48. The van der Waals surface area contributed by atoms with Crippen LogP contribution >= 0.6 is 0 Å². The van der Waals surface area contributed by atoms with Gasteiger partial charge in [-0.3, -0.25) is 0 Å². The molecule has 2 aromatic rings. The molecule has 0 aromatic heterocycles. The van der Waals surface area contributed by atoms with Gasteiger partial charge in [0.2, 0.25) is 0 Å². The van der Waals surface area contributed by atoms with Gasteiger partial charge in [0.25, 0.3) is 0 Å². The van der Waals surface area contributed by atoms with Crippen LogP contribution in [-0.2, 0) is 0 Å². The van der Waals surface area contributed by atoms with E-state index in [9.17, 15) is 0 Å². The van der Waals surface area contributed by atoms with E-state index in [0.717, 1.165) is 0 Å². The Morgan fingerprint density at radius 3 is 2.00 bits per heavy atom. The Bertz CT molecular complexity index is 451. The molecule has 1 unspecified atom stereocenters. The molecule has 0 heteroatoms. The summed E-state index contributed by atoms with van der Waals surface area (Å²) in [6, 6.07) is 19.1. The second-order valence-corrected chi connectivity index (χ2v) is 4.00. The first kappa shape index (κ1) is 10.7. The Kier molecular flexibility index (Phi) is 3.21. The normalized spacial score (nSPS) is 12.1. The molecule has 0 N–H and O–H groups in total. The van der Waals surface area contributed by atoms with Crippen LogP contribution in [0.1, 0.15) is 29.5 Å². The summed E-state index contributed by atoms with van der Waals surface area (Å²) in [5, 5.41) is 0. The summed E-state index contributed by atoms with van der Waals surface area (Å²) < 4.78 is 0. The van der Waals surface area contributed by atoms with Gasteiger partial charge < -0.3 is 0 Å². The van der Waals surface area contributed by atoms with Crippen LogP contribution in [0.15, 0.2) is 61.2 Å². The molecule has 2 aromatic carbocycles. The topological polar surface area (TPSA) is 0 Å². The van der Waals surface area contributed by atoms with Crippen LogP contribution in [0.4, 0.5) is 0 Å². The van der Waals surface area contributed by atoms with Gasteiger partial charge in [-0.1, -0.05) is 74.2 Å². The van der Waals surface area contributed by atoms with E-state index in [4.69, 9.17) is 0 Å². The van der Waals surface area contributed by atoms with E-state index in [-0.39, 0.29) is 0 Å². The van der Waals surface area contributed by atoms with Gasteiger partial charge in [-0.2, -0.15) is 0 Å². The second kappa shape index (κ2) is 4.80. The van der Waals surface area contributed by atoms with Crippen molar-refractivity contribution >= 4 is 6.08 Å². The monoisotopic (exact) mass is 208 g/mol. The van der Waals surface area contributed by atoms with E-state index in [1.807, 2.05) is 6.08 Å². The van der Waals surface area contributed by atoms with Crippen molar-refractivity contribution in [2.24, 2.45) is 0 Å². The van der Waals surface area contributed by atoms with Gasteiger partial charge in [0.1, 0.15) is 0 Å². The summed E-state index contributed by atoms with van der Waals surface area (Å²) in [6.45, 7) is 6.00. The quantitative estimate of drug-likeness (QED) is 0.697. The molecule has 0 aliphatic heterocycles. The van der Waals surface area contributed by atoms with Crippen LogP contribution in [0.2, 0.25) is 0 Å². The molecule has 0 radical (unpaired) electrons. The van der Waals surface area contributed by atoms with Crippen molar-refractivity contribution in [3.63, 3.8) is 0 Å². The minimum atomic E-state index is 0.445. The lowest BCUT2D eigenvalue weighted by molar-refractivity contribution is 0.922. The maximum atomic E-state index is 3.76. The van der Waals surface area contributed by atoms with Crippen molar-refractivity contribution in [3.8, 4) is 0 Å². The van der Waals surface area contributed by atoms with Gasteiger partial charge >= 0.3 is 0 Å². The van der Waals surface area contributed by atoms with Crippen molar-refractivity contribution in [1.82, 2.24) is 0 Å². The van der Waals surface area contributed by atoms with Crippen molar-refractivity contribution < 1.29 is 0 Å². The maximum absolute atomic E-state index is 3.76. The Morgan fingerprint density at radius 2 is 1.44 bits per heavy atom. The van der Waals surface area contributed by atoms with Crippen LogP contribution < -0.4 is 0 Å². The molecule has 0 aliphatic rings. The molecule has 0 fully saturated rings. The van der Waals surface area contributed by atoms with E-state index >= 15 is 0 Å². The summed E-state index contributed by atoms with van der Waals surface area (Å²) in [5.41, 5.74) is 3.87. The Balaban J connectivity index is 2.27. The first-order chi connectivity index (χ1) is 7.81. The first-order valence-electron chi connectivity index (χ1n) is 5.58. The van der Waals surface area contributed by atoms with Crippen LogP contribution in [0.25, 0.3) is 6.08 Å². The van der Waals surface area contributed by atoms with Crippen molar-refractivity contribution in [1.29, 1.82) is 0 Å². The van der Waals surface area contributed by atoms with Crippen LogP contribution in [0.5, 0.6) is 0 Å².